The van der Waals surface area contributed by atoms with E-state index in [-0.39, 0.29) is 0 Å². The van der Waals surface area contributed by atoms with Crippen LogP contribution in [0.15, 0.2) is 48.7 Å². The Labute approximate surface area is 107 Å². The molecule has 0 aliphatic carbocycles. The normalized spacial score (nSPS) is 13.9. The number of nitrogens with zero attached hydrogens (tertiary/aromatic N) is 1. The number of hydrogen-bond acceptors (Lipinski definition) is 3. The first-order valence-corrected chi connectivity index (χ1v) is 5.89. The topological polar surface area (TPSA) is 42.4 Å². The summed E-state index contributed by atoms with van der Waals surface area (Å²) in [5.41, 5.74) is 0.583. The Kier molecular flexibility index (Phi) is 3.63. The van der Waals surface area contributed by atoms with Crippen LogP contribution in [0.25, 0.3) is 0 Å². The number of ether oxygens (including phenoxy) is 1. The predicted molar refractivity (Wildman–Crippen MR) is 70.5 cm³/mol. The summed E-state index contributed by atoms with van der Waals surface area (Å²) < 4.78 is 5.25. The van der Waals surface area contributed by atoms with Gasteiger partial charge in [0.2, 0.25) is 0 Å². The fraction of sp³-hybridized carbons (Fsp3) is 0.267. The second-order valence-electron chi connectivity index (χ2n) is 4.49. The molecule has 0 bridgehead atoms. The minimum Gasteiger partial charge on any atom is -0.495 e. The number of aromatic nitrogens is 1. The standard InChI is InChI=1S/C15H17NO2/c1-15(17,11-12-7-4-3-5-8-12)14-13(18-2)9-6-10-16-14/h3-10,17H,11H2,1-2H3. The van der Waals surface area contributed by atoms with E-state index >= 15 is 0 Å². The molecule has 2 rings (SSSR count). The van der Waals surface area contributed by atoms with Crippen molar-refractivity contribution < 1.29 is 9.84 Å². The van der Waals surface area contributed by atoms with E-state index in [1.165, 1.54) is 0 Å². The van der Waals surface area contributed by atoms with E-state index < -0.39 is 5.60 Å². The summed E-state index contributed by atoms with van der Waals surface area (Å²) in [5, 5.41) is 10.6. The van der Waals surface area contributed by atoms with Crippen LogP contribution in [0.5, 0.6) is 5.75 Å². The zero-order valence-electron chi connectivity index (χ0n) is 10.6. The van der Waals surface area contributed by atoms with E-state index in [9.17, 15) is 5.11 Å². The fourth-order valence-electron chi connectivity index (χ4n) is 2.04. The lowest BCUT2D eigenvalue weighted by atomic mass is 9.92. The molecule has 2 aromatic rings. The highest BCUT2D eigenvalue weighted by Gasteiger charge is 2.28. The summed E-state index contributed by atoms with van der Waals surface area (Å²) in [6, 6.07) is 13.5. The van der Waals surface area contributed by atoms with E-state index in [0.29, 0.717) is 17.9 Å². The van der Waals surface area contributed by atoms with Gasteiger partial charge in [0.1, 0.15) is 17.0 Å². The molecule has 94 valence electrons. The molecule has 3 nitrogen and oxygen atoms in total. The highest BCUT2D eigenvalue weighted by atomic mass is 16.5. The maximum absolute atomic E-state index is 10.6. The monoisotopic (exact) mass is 243 g/mol. The van der Waals surface area contributed by atoms with Crippen LogP contribution in [0, 0.1) is 0 Å². The molecule has 1 N–H and O–H groups in total. The van der Waals surface area contributed by atoms with Crippen molar-refractivity contribution in [3.63, 3.8) is 0 Å². The van der Waals surface area contributed by atoms with Crippen LogP contribution in [-0.2, 0) is 12.0 Å². The summed E-state index contributed by atoms with van der Waals surface area (Å²) in [4.78, 5) is 4.24. The van der Waals surface area contributed by atoms with Crippen molar-refractivity contribution in [1.29, 1.82) is 0 Å². The second-order valence-corrected chi connectivity index (χ2v) is 4.49. The zero-order valence-corrected chi connectivity index (χ0v) is 10.6. The molecule has 3 heteroatoms. The highest BCUT2D eigenvalue weighted by molar-refractivity contribution is 5.33. The minimum atomic E-state index is -1.05. The number of methoxy groups -OCH3 is 1. The van der Waals surface area contributed by atoms with Gasteiger partial charge in [0.05, 0.1) is 7.11 Å². The third-order valence-electron chi connectivity index (χ3n) is 2.89. The molecule has 0 saturated carbocycles. The lowest BCUT2D eigenvalue weighted by Gasteiger charge is -2.24. The van der Waals surface area contributed by atoms with Gasteiger partial charge in [0.15, 0.2) is 0 Å². The molecule has 1 aromatic carbocycles. The Bertz CT molecular complexity index is 509. The van der Waals surface area contributed by atoms with Crippen molar-refractivity contribution in [1.82, 2.24) is 4.98 Å². The van der Waals surface area contributed by atoms with Gasteiger partial charge in [0, 0.05) is 12.6 Å². The quantitative estimate of drug-likeness (QED) is 0.897. The van der Waals surface area contributed by atoms with Crippen molar-refractivity contribution in [2.45, 2.75) is 18.9 Å². The number of aliphatic hydroxyl groups is 1. The first-order valence-electron chi connectivity index (χ1n) is 5.89. The van der Waals surface area contributed by atoms with Crippen molar-refractivity contribution in [3.05, 3.63) is 59.9 Å². The molecule has 0 amide bonds. The van der Waals surface area contributed by atoms with Crippen molar-refractivity contribution in [3.8, 4) is 5.75 Å². The van der Waals surface area contributed by atoms with Crippen LogP contribution < -0.4 is 4.74 Å². The lowest BCUT2D eigenvalue weighted by Crippen LogP contribution is -2.26. The molecule has 18 heavy (non-hydrogen) atoms. The highest BCUT2D eigenvalue weighted by Crippen LogP contribution is 2.30. The number of pyridine rings is 1. The molecule has 0 fully saturated rings. The van der Waals surface area contributed by atoms with Crippen LogP contribution in [-0.4, -0.2) is 17.2 Å². The Morgan fingerprint density at radius 1 is 1.17 bits per heavy atom. The zero-order chi connectivity index (χ0) is 13.0. The number of hydrogen-bond donors (Lipinski definition) is 1. The first kappa shape index (κ1) is 12.6. The fourth-order valence-corrected chi connectivity index (χ4v) is 2.04. The van der Waals surface area contributed by atoms with E-state index in [2.05, 4.69) is 4.98 Å². The van der Waals surface area contributed by atoms with Crippen molar-refractivity contribution in [2.24, 2.45) is 0 Å². The molecule has 0 saturated heterocycles. The molecule has 1 unspecified atom stereocenters. The van der Waals surface area contributed by atoms with Gasteiger partial charge in [-0.2, -0.15) is 0 Å². The van der Waals surface area contributed by atoms with Crippen molar-refractivity contribution >= 4 is 0 Å². The SMILES string of the molecule is COc1cccnc1C(C)(O)Cc1ccccc1. The molecular formula is C15H17NO2. The van der Waals surface area contributed by atoms with E-state index in [1.807, 2.05) is 36.4 Å². The first-order chi connectivity index (χ1) is 8.63. The van der Waals surface area contributed by atoms with Crippen LogP contribution in [0.3, 0.4) is 0 Å². The van der Waals surface area contributed by atoms with Crippen LogP contribution in [0.4, 0.5) is 0 Å². The molecule has 1 atom stereocenters. The van der Waals surface area contributed by atoms with E-state index in [0.717, 1.165) is 5.56 Å². The minimum absolute atomic E-state index is 0.501. The molecule has 0 radical (unpaired) electrons. The maximum Gasteiger partial charge on any atom is 0.143 e. The Morgan fingerprint density at radius 2 is 1.89 bits per heavy atom. The third kappa shape index (κ3) is 2.68. The van der Waals surface area contributed by atoms with Gasteiger partial charge < -0.3 is 9.84 Å². The molecule has 0 spiro atoms. The van der Waals surface area contributed by atoms with Crippen LogP contribution >= 0.6 is 0 Å². The Balaban J connectivity index is 2.30. The van der Waals surface area contributed by atoms with E-state index in [1.54, 1.807) is 26.3 Å². The van der Waals surface area contributed by atoms with Gasteiger partial charge in [-0.3, -0.25) is 4.98 Å². The summed E-state index contributed by atoms with van der Waals surface area (Å²) in [7, 11) is 1.58. The van der Waals surface area contributed by atoms with E-state index in [4.69, 9.17) is 4.74 Å². The number of benzene rings is 1. The van der Waals surface area contributed by atoms with Crippen LogP contribution in [0.1, 0.15) is 18.2 Å². The molecule has 0 aliphatic heterocycles. The van der Waals surface area contributed by atoms with Crippen molar-refractivity contribution in [2.75, 3.05) is 7.11 Å². The average Bonchev–Trinajstić information content (AvgIpc) is 2.39. The second kappa shape index (κ2) is 5.19. The smallest absolute Gasteiger partial charge is 0.143 e. The Morgan fingerprint density at radius 3 is 2.56 bits per heavy atom. The number of rotatable bonds is 4. The summed E-state index contributed by atoms with van der Waals surface area (Å²) >= 11 is 0. The molecular weight excluding hydrogens is 226 g/mol. The van der Waals surface area contributed by atoms with Gasteiger partial charge in [-0.1, -0.05) is 30.3 Å². The van der Waals surface area contributed by atoms with Gasteiger partial charge in [0.25, 0.3) is 0 Å². The summed E-state index contributed by atoms with van der Waals surface area (Å²) in [5.74, 6) is 0.610. The predicted octanol–water partition coefficient (Wildman–Crippen LogP) is 2.54. The molecule has 0 aliphatic rings. The van der Waals surface area contributed by atoms with Gasteiger partial charge >= 0.3 is 0 Å². The third-order valence-corrected chi connectivity index (χ3v) is 2.89. The maximum atomic E-state index is 10.6. The molecule has 1 aromatic heterocycles. The summed E-state index contributed by atoms with van der Waals surface area (Å²) in [6.45, 7) is 1.75. The van der Waals surface area contributed by atoms with Gasteiger partial charge in [-0.05, 0) is 24.6 Å². The Hall–Kier alpha value is -1.87. The molecule has 1 heterocycles. The lowest BCUT2D eigenvalue weighted by molar-refractivity contribution is 0.0502. The summed E-state index contributed by atoms with van der Waals surface area (Å²) in [6.07, 6.45) is 2.17. The average molecular weight is 243 g/mol. The van der Waals surface area contributed by atoms with Crippen LogP contribution in [0.2, 0.25) is 0 Å². The van der Waals surface area contributed by atoms with Gasteiger partial charge in [-0.15, -0.1) is 0 Å². The largest absolute Gasteiger partial charge is 0.495 e. The van der Waals surface area contributed by atoms with Gasteiger partial charge in [-0.25, -0.2) is 0 Å².